The fourth-order valence-electron chi connectivity index (χ4n) is 2.98. The van der Waals surface area contributed by atoms with E-state index in [1.807, 2.05) is 0 Å². The molecule has 0 aromatic carbocycles. The molecule has 0 amide bonds. The molecule has 0 N–H and O–H groups in total. The second kappa shape index (κ2) is 7.04. The van der Waals surface area contributed by atoms with Gasteiger partial charge in [-0.05, 0) is 12.8 Å². The molecule has 0 spiro atoms. The molecule has 1 saturated heterocycles. The third kappa shape index (κ3) is 3.56. The van der Waals surface area contributed by atoms with E-state index in [-0.39, 0.29) is 19.2 Å². The van der Waals surface area contributed by atoms with Crippen LogP contribution in [-0.2, 0) is 24.5 Å². The lowest BCUT2D eigenvalue weighted by molar-refractivity contribution is -0.149. The van der Waals surface area contributed by atoms with Gasteiger partial charge < -0.3 is 9.47 Å². The van der Waals surface area contributed by atoms with Crippen molar-refractivity contribution in [3.05, 3.63) is 0 Å². The van der Waals surface area contributed by atoms with Gasteiger partial charge in [0.1, 0.15) is 6.04 Å². The first-order valence-electron chi connectivity index (χ1n) is 7.39. The van der Waals surface area contributed by atoms with Gasteiger partial charge in [0.05, 0.1) is 20.3 Å². The van der Waals surface area contributed by atoms with Crippen LogP contribution in [0.15, 0.2) is 0 Å². The van der Waals surface area contributed by atoms with Crippen molar-refractivity contribution < 1.29 is 22.7 Å². The van der Waals surface area contributed by atoms with Crippen molar-refractivity contribution in [2.45, 2.75) is 44.2 Å². The van der Waals surface area contributed by atoms with Crippen LogP contribution in [0.5, 0.6) is 0 Å². The fraction of sp³-hybridized carbons (Fsp3) is 0.923. The van der Waals surface area contributed by atoms with E-state index >= 15 is 0 Å². The number of ether oxygens (including phenoxy) is 2. The molecule has 8 heteroatoms. The maximum atomic E-state index is 12.8. The topological polar surface area (TPSA) is 76.1 Å². The zero-order valence-corrected chi connectivity index (χ0v) is 13.5. The first-order chi connectivity index (χ1) is 9.98. The number of nitrogens with zero attached hydrogens (tertiary/aromatic N) is 2. The molecule has 2 aliphatic rings. The van der Waals surface area contributed by atoms with Crippen LogP contribution >= 0.6 is 0 Å². The molecule has 1 unspecified atom stereocenters. The van der Waals surface area contributed by atoms with Crippen molar-refractivity contribution in [2.75, 3.05) is 33.9 Å². The Morgan fingerprint density at radius 3 is 2.57 bits per heavy atom. The average Bonchev–Trinajstić information content (AvgIpc) is 2.54. The summed E-state index contributed by atoms with van der Waals surface area (Å²) in [6.07, 6.45) is 5.01. The van der Waals surface area contributed by atoms with E-state index in [1.165, 1.54) is 15.7 Å². The monoisotopic (exact) mass is 320 g/mol. The summed E-state index contributed by atoms with van der Waals surface area (Å²) < 4.78 is 38.2. The molecule has 21 heavy (non-hydrogen) atoms. The van der Waals surface area contributed by atoms with Gasteiger partial charge in [-0.25, -0.2) is 0 Å². The quantitative estimate of drug-likeness (QED) is 0.700. The summed E-state index contributed by atoms with van der Waals surface area (Å²) in [6, 6.07) is -0.871. The highest BCUT2D eigenvalue weighted by Gasteiger charge is 2.42. The number of morpholine rings is 1. The molecule has 2 fully saturated rings. The average molecular weight is 320 g/mol. The van der Waals surface area contributed by atoms with E-state index in [9.17, 15) is 13.2 Å². The molecule has 1 aliphatic heterocycles. The highest BCUT2D eigenvalue weighted by Crippen LogP contribution is 2.26. The van der Waals surface area contributed by atoms with Crippen molar-refractivity contribution in [3.63, 3.8) is 0 Å². The first-order valence-corrected chi connectivity index (χ1v) is 8.78. The first kappa shape index (κ1) is 16.7. The Morgan fingerprint density at radius 2 is 1.95 bits per heavy atom. The molecule has 0 aromatic rings. The number of hydrogen-bond donors (Lipinski definition) is 0. The minimum absolute atomic E-state index is 0.0184. The normalized spacial score (nSPS) is 26.0. The van der Waals surface area contributed by atoms with Gasteiger partial charge in [0.2, 0.25) is 0 Å². The van der Waals surface area contributed by atoms with Crippen molar-refractivity contribution >= 4 is 16.2 Å². The molecule has 1 aliphatic carbocycles. The lowest BCUT2D eigenvalue weighted by atomic mass is 9.96. The second-order valence-corrected chi connectivity index (χ2v) is 7.48. The summed E-state index contributed by atoms with van der Waals surface area (Å²) in [5.74, 6) is -0.574. The van der Waals surface area contributed by atoms with Crippen molar-refractivity contribution in [2.24, 2.45) is 0 Å². The Morgan fingerprint density at radius 1 is 1.29 bits per heavy atom. The predicted octanol–water partition coefficient (Wildman–Crippen LogP) is 0.370. The Balaban J connectivity index is 2.17. The third-order valence-corrected chi connectivity index (χ3v) is 6.36. The maximum Gasteiger partial charge on any atom is 0.326 e. The van der Waals surface area contributed by atoms with Crippen LogP contribution < -0.4 is 0 Å². The van der Waals surface area contributed by atoms with Gasteiger partial charge >= 0.3 is 5.97 Å². The molecule has 0 aromatic heterocycles. The molecule has 1 saturated carbocycles. The lowest BCUT2D eigenvalue weighted by Crippen LogP contribution is -2.57. The molecule has 0 bridgehead atoms. The van der Waals surface area contributed by atoms with Crippen molar-refractivity contribution in [3.8, 4) is 0 Å². The Hall–Kier alpha value is -0.700. The molecule has 122 valence electrons. The molecule has 7 nitrogen and oxygen atoms in total. The number of carbonyl (C=O) groups excluding carboxylic acids is 1. The summed E-state index contributed by atoms with van der Waals surface area (Å²) >= 11 is 0. The number of carbonyl (C=O) groups is 1. The molecule has 0 radical (unpaired) electrons. The van der Waals surface area contributed by atoms with Gasteiger partial charge in [-0.3, -0.25) is 4.79 Å². The summed E-state index contributed by atoms with van der Waals surface area (Å²) in [4.78, 5) is 11.8. The highest BCUT2D eigenvalue weighted by atomic mass is 32.2. The minimum Gasteiger partial charge on any atom is -0.468 e. The maximum absolute atomic E-state index is 12.8. The van der Waals surface area contributed by atoms with E-state index in [4.69, 9.17) is 9.47 Å². The Bertz CT molecular complexity index is 461. The number of methoxy groups -OCH3 is 1. The Labute approximate surface area is 126 Å². The molecule has 1 heterocycles. The second-order valence-electron chi connectivity index (χ2n) is 5.54. The molecular formula is C13H24N2O5S. The highest BCUT2D eigenvalue weighted by molar-refractivity contribution is 7.86. The van der Waals surface area contributed by atoms with Gasteiger partial charge in [-0.2, -0.15) is 17.0 Å². The molecule has 2 rings (SSSR count). The summed E-state index contributed by atoms with van der Waals surface area (Å²) in [7, 11) is -0.817. The van der Waals surface area contributed by atoms with E-state index in [2.05, 4.69) is 0 Å². The van der Waals surface area contributed by atoms with Gasteiger partial charge in [-0.15, -0.1) is 0 Å². The molecule has 1 atom stereocenters. The van der Waals surface area contributed by atoms with Crippen LogP contribution in [0.3, 0.4) is 0 Å². The number of hydrogen-bond acceptors (Lipinski definition) is 5. The van der Waals surface area contributed by atoms with Crippen LogP contribution in [-0.4, -0.2) is 69.0 Å². The zero-order chi connectivity index (χ0) is 15.5. The predicted molar refractivity (Wildman–Crippen MR) is 76.9 cm³/mol. The standard InChI is InChI=1S/C13H24N2O5S/c1-14(11-6-4-3-5-7-11)21(17,18)15-8-9-20-10-12(15)13(16)19-2/h11-12H,3-10H2,1-2H3. The van der Waals surface area contributed by atoms with Crippen LogP contribution in [0, 0.1) is 0 Å². The van der Waals surface area contributed by atoms with Crippen LogP contribution in [0.4, 0.5) is 0 Å². The third-order valence-electron chi connectivity index (χ3n) is 4.30. The SMILES string of the molecule is COC(=O)C1COCCN1S(=O)(=O)N(C)C1CCCCC1. The fourth-order valence-corrected chi connectivity index (χ4v) is 4.68. The number of rotatable bonds is 4. The van der Waals surface area contributed by atoms with Gasteiger partial charge in [-0.1, -0.05) is 19.3 Å². The van der Waals surface area contributed by atoms with Gasteiger partial charge in [0, 0.05) is 19.6 Å². The van der Waals surface area contributed by atoms with Crippen molar-refractivity contribution in [1.29, 1.82) is 0 Å². The summed E-state index contributed by atoms with van der Waals surface area (Å²) in [5, 5.41) is 0. The Kier molecular flexibility index (Phi) is 5.59. The molecular weight excluding hydrogens is 296 g/mol. The number of esters is 1. The van der Waals surface area contributed by atoms with E-state index in [0.717, 1.165) is 32.1 Å². The summed E-state index contributed by atoms with van der Waals surface area (Å²) in [5.41, 5.74) is 0. The zero-order valence-electron chi connectivity index (χ0n) is 12.7. The van der Waals surface area contributed by atoms with Gasteiger partial charge in [0.25, 0.3) is 10.2 Å². The lowest BCUT2D eigenvalue weighted by Gasteiger charge is -2.38. The van der Waals surface area contributed by atoms with Crippen LogP contribution in [0.1, 0.15) is 32.1 Å². The van der Waals surface area contributed by atoms with Crippen LogP contribution in [0.2, 0.25) is 0 Å². The smallest absolute Gasteiger partial charge is 0.326 e. The minimum atomic E-state index is -3.68. The van der Waals surface area contributed by atoms with Gasteiger partial charge in [0.15, 0.2) is 0 Å². The van der Waals surface area contributed by atoms with E-state index < -0.39 is 22.2 Å². The van der Waals surface area contributed by atoms with E-state index in [1.54, 1.807) is 7.05 Å². The van der Waals surface area contributed by atoms with Crippen molar-refractivity contribution in [1.82, 2.24) is 8.61 Å². The van der Waals surface area contributed by atoms with Crippen LogP contribution in [0.25, 0.3) is 0 Å². The largest absolute Gasteiger partial charge is 0.468 e. The van der Waals surface area contributed by atoms with E-state index in [0.29, 0.717) is 6.61 Å². The summed E-state index contributed by atoms with van der Waals surface area (Å²) in [6.45, 7) is 0.523.